The Hall–Kier alpha value is -1.47. The van der Waals surface area contributed by atoms with Crippen molar-refractivity contribution in [2.45, 2.75) is 13.5 Å². The Balaban J connectivity index is 2.13. The lowest BCUT2D eigenvalue weighted by Gasteiger charge is -2.02. The number of carbonyl (C=O) groups excluding carboxylic acids is 1. The maximum atomic E-state index is 11.7. The van der Waals surface area contributed by atoms with E-state index in [1.807, 2.05) is 11.4 Å². The topological polar surface area (TPSA) is 57.0 Å². The molecule has 0 unspecified atom stereocenters. The maximum Gasteiger partial charge on any atom is 0.361 e. The zero-order valence-corrected chi connectivity index (χ0v) is 12.7. The second kappa shape index (κ2) is 6.12. The molecule has 2 rings (SSSR count). The number of rotatable bonds is 5. The van der Waals surface area contributed by atoms with E-state index in [4.69, 9.17) is 4.74 Å². The van der Waals surface area contributed by atoms with Crippen molar-refractivity contribution in [3.8, 4) is 0 Å². The van der Waals surface area contributed by atoms with Crippen molar-refractivity contribution in [2.75, 3.05) is 6.61 Å². The number of thiophene rings is 1. The van der Waals surface area contributed by atoms with Gasteiger partial charge in [-0.05, 0) is 28.9 Å². The van der Waals surface area contributed by atoms with E-state index in [-0.39, 0.29) is 12.3 Å². The van der Waals surface area contributed by atoms with Crippen molar-refractivity contribution < 1.29 is 9.53 Å². The van der Waals surface area contributed by atoms with Crippen molar-refractivity contribution in [2.24, 2.45) is 0 Å². The maximum absolute atomic E-state index is 11.7. The molecule has 0 aliphatic heterocycles. The van der Waals surface area contributed by atoms with E-state index in [2.05, 4.69) is 32.8 Å². The zero-order chi connectivity index (χ0) is 13.8. The highest BCUT2D eigenvalue weighted by Crippen LogP contribution is 2.21. The monoisotopic (exact) mass is 341 g/mol. The minimum absolute atomic E-state index is 0.170. The minimum Gasteiger partial charge on any atom is -0.457 e. The van der Waals surface area contributed by atoms with Crippen LogP contribution >= 0.6 is 27.3 Å². The average molecular weight is 342 g/mol. The van der Waals surface area contributed by atoms with Crippen molar-refractivity contribution >= 4 is 33.2 Å². The molecule has 0 aliphatic rings. The quantitative estimate of drug-likeness (QED) is 0.619. The fourth-order valence-electron chi connectivity index (χ4n) is 1.49. The van der Waals surface area contributed by atoms with Crippen LogP contribution in [-0.2, 0) is 11.3 Å². The van der Waals surface area contributed by atoms with Crippen molar-refractivity contribution in [1.29, 1.82) is 0 Å². The van der Waals surface area contributed by atoms with E-state index in [9.17, 15) is 4.79 Å². The Kier molecular flexibility index (Phi) is 4.49. The largest absolute Gasteiger partial charge is 0.457 e. The second-order valence-electron chi connectivity index (χ2n) is 3.80. The molecule has 2 heterocycles. The van der Waals surface area contributed by atoms with Crippen LogP contribution in [-0.4, -0.2) is 27.6 Å². The van der Waals surface area contributed by atoms with Gasteiger partial charge in [-0.25, -0.2) is 9.48 Å². The number of carbonyl (C=O) groups is 1. The summed E-state index contributed by atoms with van der Waals surface area (Å²) < 4.78 is 7.67. The third-order valence-electron chi connectivity index (χ3n) is 2.44. The van der Waals surface area contributed by atoms with Crippen molar-refractivity contribution in [3.63, 3.8) is 0 Å². The molecule has 0 saturated carbocycles. The van der Waals surface area contributed by atoms with Crippen LogP contribution in [0.15, 0.2) is 28.6 Å². The lowest BCUT2D eigenvalue weighted by molar-refractivity contribution is 0.0542. The van der Waals surface area contributed by atoms with Crippen LogP contribution in [0.4, 0.5) is 0 Å². The van der Waals surface area contributed by atoms with Crippen LogP contribution in [0.2, 0.25) is 0 Å². The lowest BCUT2D eigenvalue weighted by atomic mass is 10.3. The molecule has 7 heteroatoms. The van der Waals surface area contributed by atoms with Crippen LogP contribution in [0.3, 0.4) is 0 Å². The van der Waals surface area contributed by atoms with Gasteiger partial charge in [-0.15, -0.1) is 16.4 Å². The average Bonchev–Trinajstić information content (AvgIpc) is 2.95. The van der Waals surface area contributed by atoms with E-state index in [1.54, 1.807) is 22.9 Å². The molecule has 0 aromatic carbocycles. The van der Waals surface area contributed by atoms with Gasteiger partial charge in [0.15, 0.2) is 5.69 Å². The van der Waals surface area contributed by atoms with Crippen LogP contribution in [0.1, 0.15) is 21.1 Å². The highest BCUT2D eigenvalue weighted by Gasteiger charge is 2.17. The Bertz CT molecular complexity index is 606. The first-order valence-electron chi connectivity index (χ1n) is 5.53. The number of aromatic nitrogens is 3. The van der Waals surface area contributed by atoms with Gasteiger partial charge in [0, 0.05) is 14.7 Å². The van der Waals surface area contributed by atoms with E-state index >= 15 is 0 Å². The van der Waals surface area contributed by atoms with Gasteiger partial charge in [-0.3, -0.25) is 0 Å². The predicted molar refractivity (Wildman–Crippen MR) is 76.4 cm³/mol. The molecule has 2 aromatic rings. The molecule has 0 bridgehead atoms. The third-order valence-corrected chi connectivity index (χ3v) is 4.12. The zero-order valence-electron chi connectivity index (χ0n) is 10.3. The number of hydrogen-bond acceptors (Lipinski definition) is 5. The first-order valence-corrected chi connectivity index (χ1v) is 7.20. The first kappa shape index (κ1) is 14.0. The van der Waals surface area contributed by atoms with E-state index in [0.717, 1.165) is 9.35 Å². The van der Waals surface area contributed by atoms with E-state index in [1.165, 1.54) is 6.08 Å². The van der Waals surface area contributed by atoms with Crippen LogP contribution in [0.5, 0.6) is 0 Å². The van der Waals surface area contributed by atoms with E-state index in [0.29, 0.717) is 12.2 Å². The van der Waals surface area contributed by atoms with E-state index < -0.39 is 5.97 Å². The van der Waals surface area contributed by atoms with Gasteiger partial charge < -0.3 is 4.74 Å². The van der Waals surface area contributed by atoms with Crippen molar-refractivity contribution in [1.82, 2.24) is 15.0 Å². The van der Waals surface area contributed by atoms with Gasteiger partial charge in [0.25, 0.3) is 0 Å². The van der Waals surface area contributed by atoms with Gasteiger partial charge in [0.2, 0.25) is 0 Å². The molecular weight excluding hydrogens is 330 g/mol. The summed E-state index contributed by atoms with van der Waals surface area (Å²) in [5.41, 5.74) is 0.941. The molecule has 0 atom stereocenters. The summed E-state index contributed by atoms with van der Waals surface area (Å²) in [6.45, 7) is 6.05. The smallest absolute Gasteiger partial charge is 0.361 e. The molecule has 0 fully saturated rings. The Labute approximate surface area is 123 Å². The fourth-order valence-corrected chi connectivity index (χ4v) is 2.92. The Morgan fingerprint density at radius 1 is 1.68 bits per heavy atom. The summed E-state index contributed by atoms with van der Waals surface area (Å²) >= 11 is 5.02. The summed E-state index contributed by atoms with van der Waals surface area (Å²) in [5, 5.41) is 9.85. The van der Waals surface area contributed by atoms with Gasteiger partial charge in [-0.2, -0.15) is 0 Å². The van der Waals surface area contributed by atoms with Gasteiger partial charge >= 0.3 is 5.97 Å². The highest BCUT2D eigenvalue weighted by atomic mass is 79.9. The molecule has 0 aliphatic carbocycles. The number of nitrogens with zero attached hydrogens (tertiary/aromatic N) is 3. The molecule has 0 amide bonds. The number of hydrogen-bond donors (Lipinski definition) is 0. The number of ether oxygens (including phenoxy) is 1. The molecule has 0 radical (unpaired) electrons. The first-order chi connectivity index (χ1) is 9.11. The highest BCUT2D eigenvalue weighted by molar-refractivity contribution is 9.10. The number of esters is 1. The Morgan fingerprint density at radius 2 is 2.47 bits per heavy atom. The molecule has 2 aromatic heterocycles. The van der Waals surface area contributed by atoms with Crippen molar-refractivity contribution in [3.05, 3.63) is 44.8 Å². The SMILES string of the molecule is C=CCOC(=O)c1nnn(Cc2cc(Br)cs2)c1C. The summed E-state index contributed by atoms with van der Waals surface area (Å²) in [5.74, 6) is -0.476. The molecule has 0 spiro atoms. The third kappa shape index (κ3) is 3.30. The minimum atomic E-state index is -0.476. The molecular formula is C12H12BrN3O2S. The Morgan fingerprint density at radius 3 is 3.11 bits per heavy atom. The summed E-state index contributed by atoms with van der Waals surface area (Å²) in [7, 11) is 0. The standard InChI is InChI=1S/C12H12BrN3O2S/c1-3-4-18-12(17)11-8(2)16(15-14-11)6-10-5-9(13)7-19-10/h3,5,7H,1,4,6H2,2H3. The molecule has 19 heavy (non-hydrogen) atoms. The molecule has 0 N–H and O–H groups in total. The summed E-state index contributed by atoms with van der Waals surface area (Å²) in [4.78, 5) is 12.8. The van der Waals surface area contributed by atoms with Crippen LogP contribution in [0, 0.1) is 6.92 Å². The van der Waals surface area contributed by atoms with Gasteiger partial charge in [-0.1, -0.05) is 17.9 Å². The van der Waals surface area contributed by atoms with Gasteiger partial charge in [0.1, 0.15) is 6.61 Å². The van der Waals surface area contributed by atoms with Crippen LogP contribution < -0.4 is 0 Å². The second-order valence-corrected chi connectivity index (χ2v) is 5.71. The predicted octanol–water partition coefficient (Wildman–Crippen LogP) is 2.80. The normalized spacial score (nSPS) is 10.4. The number of halogens is 1. The molecule has 100 valence electrons. The fraction of sp³-hybridized carbons (Fsp3) is 0.250. The van der Waals surface area contributed by atoms with Gasteiger partial charge in [0.05, 0.1) is 12.2 Å². The molecule has 5 nitrogen and oxygen atoms in total. The summed E-state index contributed by atoms with van der Waals surface area (Å²) in [6.07, 6.45) is 1.51. The lowest BCUT2D eigenvalue weighted by Crippen LogP contribution is -2.08. The van der Waals surface area contributed by atoms with Crippen LogP contribution in [0.25, 0.3) is 0 Å². The summed E-state index contributed by atoms with van der Waals surface area (Å²) in [6, 6.07) is 2.02. The molecule has 0 saturated heterocycles.